The topological polar surface area (TPSA) is 58.0 Å². The van der Waals surface area contributed by atoms with Crippen LogP contribution >= 0.6 is 0 Å². The zero-order valence-corrected chi connectivity index (χ0v) is 14.2. The standard InChI is InChI=1S/C19H20N6/c1-15-9-10-20-19(21-15)25-13-11-24(12-14-25)18-8-7-17(22-23-18)16-5-3-2-4-6-16/h2-10H,11-14H2,1H3. The Labute approximate surface area is 147 Å². The second-order valence-corrected chi connectivity index (χ2v) is 6.11. The summed E-state index contributed by atoms with van der Waals surface area (Å²) in [5.41, 5.74) is 2.98. The van der Waals surface area contributed by atoms with Gasteiger partial charge in [-0.1, -0.05) is 30.3 Å². The van der Waals surface area contributed by atoms with Crippen LogP contribution in [0.15, 0.2) is 54.7 Å². The van der Waals surface area contributed by atoms with Crippen molar-refractivity contribution in [3.63, 3.8) is 0 Å². The summed E-state index contributed by atoms with van der Waals surface area (Å²) >= 11 is 0. The number of anilines is 2. The minimum absolute atomic E-state index is 0.810. The van der Waals surface area contributed by atoms with Gasteiger partial charge in [-0.3, -0.25) is 0 Å². The number of hydrogen-bond donors (Lipinski definition) is 0. The van der Waals surface area contributed by atoms with E-state index in [0.717, 1.165) is 54.9 Å². The van der Waals surface area contributed by atoms with E-state index in [9.17, 15) is 0 Å². The van der Waals surface area contributed by atoms with E-state index in [2.05, 4.69) is 30.0 Å². The highest BCUT2D eigenvalue weighted by Gasteiger charge is 2.20. The quantitative estimate of drug-likeness (QED) is 0.735. The first-order chi connectivity index (χ1) is 12.3. The van der Waals surface area contributed by atoms with Gasteiger partial charge in [0.05, 0.1) is 5.69 Å². The monoisotopic (exact) mass is 332 g/mol. The zero-order chi connectivity index (χ0) is 17.1. The molecule has 3 heterocycles. The number of hydrogen-bond acceptors (Lipinski definition) is 6. The molecule has 6 heteroatoms. The van der Waals surface area contributed by atoms with Crippen LogP contribution in [0.4, 0.5) is 11.8 Å². The summed E-state index contributed by atoms with van der Waals surface area (Å²) in [6.45, 7) is 5.52. The minimum Gasteiger partial charge on any atom is -0.352 e. The molecule has 0 spiro atoms. The highest BCUT2D eigenvalue weighted by Crippen LogP contribution is 2.20. The predicted molar refractivity (Wildman–Crippen MR) is 98.7 cm³/mol. The van der Waals surface area contributed by atoms with E-state index in [1.807, 2.05) is 61.7 Å². The molecule has 0 N–H and O–H groups in total. The molecule has 0 saturated carbocycles. The van der Waals surface area contributed by atoms with E-state index in [0.29, 0.717) is 0 Å². The van der Waals surface area contributed by atoms with Gasteiger partial charge in [0, 0.05) is 43.6 Å². The van der Waals surface area contributed by atoms with Gasteiger partial charge < -0.3 is 9.80 Å². The second-order valence-electron chi connectivity index (χ2n) is 6.11. The molecule has 1 aromatic carbocycles. The fourth-order valence-electron chi connectivity index (χ4n) is 2.98. The summed E-state index contributed by atoms with van der Waals surface area (Å²) in [6, 6.07) is 16.1. The molecule has 6 nitrogen and oxygen atoms in total. The van der Waals surface area contributed by atoms with Crippen molar-refractivity contribution in [3.05, 3.63) is 60.4 Å². The number of benzene rings is 1. The highest BCUT2D eigenvalue weighted by molar-refractivity contribution is 5.59. The fraction of sp³-hybridized carbons (Fsp3) is 0.263. The van der Waals surface area contributed by atoms with E-state index < -0.39 is 0 Å². The second kappa shape index (κ2) is 6.84. The minimum atomic E-state index is 0.810. The van der Waals surface area contributed by atoms with E-state index >= 15 is 0 Å². The maximum atomic E-state index is 4.51. The van der Waals surface area contributed by atoms with Crippen LogP contribution in [0.3, 0.4) is 0 Å². The molecule has 0 unspecified atom stereocenters. The summed E-state index contributed by atoms with van der Waals surface area (Å²) in [5.74, 6) is 1.73. The van der Waals surface area contributed by atoms with E-state index in [-0.39, 0.29) is 0 Å². The summed E-state index contributed by atoms with van der Waals surface area (Å²) in [5, 5.41) is 8.80. The average Bonchev–Trinajstić information content (AvgIpc) is 2.69. The van der Waals surface area contributed by atoms with Gasteiger partial charge >= 0.3 is 0 Å². The summed E-state index contributed by atoms with van der Waals surface area (Å²) in [7, 11) is 0. The van der Waals surface area contributed by atoms with Crippen LogP contribution in [-0.2, 0) is 0 Å². The summed E-state index contributed by atoms with van der Waals surface area (Å²) in [4.78, 5) is 13.4. The normalized spacial score (nSPS) is 14.6. The Morgan fingerprint density at radius 1 is 0.800 bits per heavy atom. The van der Waals surface area contributed by atoms with Crippen molar-refractivity contribution in [2.45, 2.75) is 6.92 Å². The lowest BCUT2D eigenvalue weighted by Gasteiger charge is -2.35. The zero-order valence-electron chi connectivity index (χ0n) is 14.2. The third kappa shape index (κ3) is 3.42. The fourth-order valence-corrected chi connectivity index (χ4v) is 2.98. The molecule has 0 atom stereocenters. The largest absolute Gasteiger partial charge is 0.352 e. The van der Waals surface area contributed by atoms with Gasteiger partial charge in [-0.05, 0) is 25.1 Å². The van der Waals surface area contributed by atoms with Gasteiger partial charge in [0.15, 0.2) is 5.82 Å². The number of aryl methyl sites for hydroxylation is 1. The van der Waals surface area contributed by atoms with Crippen molar-refractivity contribution >= 4 is 11.8 Å². The van der Waals surface area contributed by atoms with Crippen LogP contribution in [0.25, 0.3) is 11.3 Å². The molecule has 2 aromatic heterocycles. The number of piperazine rings is 1. The van der Waals surface area contributed by atoms with Gasteiger partial charge in [-0.15, -0.1) is 10.2 Å². The van der Waals surface area contributed by atoms with Crippen LogP contribution in [0.1, 0.15) is 5.69 Å². The average molecular weight is 332 g/mol. The van der Waals surface area contributed by atoms with Crippen molar-refractivity contribution in [1.82, 2.24) is 20.2 Å². The molecule has 1 aliphatic rings. The molecular formula is C19H20N6. The highest BCUT2D eigenvalue weighted by atomic mass is 15.3. The van der Waals surface area contributed by atoms with Crippen LogP contribution in [0.2, 0.25) is 0 Å². The molecule has 1 saturated heterocycles. The first-order valence-corrected chi connectivity index (χ1v) is 8.48. The van der Waals surface area contributed by atoms with E-state index in [1.165, 1.54) is 0 Å². The Morgan fingerprint density at radius 3 is 2.24 bits per heavy atom. The number of aromatic nitrogens is 4. The smallest absolute Gasteiger partial charge is 0.225 e. The Balaban J connectivity index is 1.42. The predicted octanol–water partition coefficient (Wildman–Crippen LogP) is 2.57. The van der Waals surface area contributed by atoms with Gasteiger partial charge in [0.1, 0.15) is 0 Å². The third-order valence-electron chi connectivity index (χ3n) is 4.39. The maximum Gasteiger partial charge on any atom is 0.225 e. The van der Waals surface area contributed by atoms with Crippen molar-refractivity contribution in [2.75, 3.05) is 36.0 Å². The lowest BCUT2D eigenvalue weighted by Crippen LogP contribution is -2.47. The molecule has 3 aromatic rings. The Hall–Kier alpha value is -3.02. The lowest BCUT2D eigenvalue weighted by molar-refractivity contribution is 0.630. The number of nitrogens with zero attached hydrogens (tertiary/aromatic N) is 6. The molecular weight excluding hydrogens is 312 g/mol. The molecule has 1 fully saturated rings. The molecule has 1 aliphatic heterocycles. The van der Waals surface area contributed by atoms with Gasteiger partial charge in [-0.2, -0.15) is 0 Å². The first-order valence-electron chi connectivity index (χ1n) is 8.48. The Bertz CT molecular complexity index is 826. The van der Waals surface area contributed by atoms with Crippen LogP contribution in [0, 0.1) is 6.92 Å². The van der Waals surface area contributed by atoms with Gasteiger partial charge in [-0.25, -0.2) is 9.97 Å². The third-order valence-corrected chi connectivity index (χ3v) is 4.39. The van der Waals surface area contributed by atoms with Crippen LogP contribution in [-0.4, -0.2) is 46.3 Å². The molecule has 126 valence electrons. The summed E-state index contributed by atoms with van der Waals surface area (Å²) in [6.07, 6.45) is 1.82. The first kappa shape index (κ1) is 15.5. The molecule has 0 radical (unpaired) electrons. The van der Waals surface area contributed by atoms with Crippen LogP contribution in [0.5, 0.6) is 0 Å². The molecule has 0 amide bonds. The summed E-state index contributed by atoms with van der Waals surface area (Å²) < 4.78 is 0. The molecule has 0 bridgehead atoms. The molecule has 25 heavy (non-hydrogen) atoms. The van der Waals surface area contributed by atoms with Crippen molar-refractivity contribution in [1.29, 1.82) is 0 Å². The molecule has 0 aliphatic carbocycles. The lowest BCUT2D eigenvalue weighted by atomic mass is 10.1. The van der Waals surface area contributed by atoms with E-state index in [4.69, 9.17) is 0 Å². The molecule has 4 rings (SSSR count). The Kier molecular flexibility index (Phi) is 4.24. The van der Waals surface area contributed by atoms with Gasteiger partial charge in [0.25, 0.3) is 0 Å². The maximum absolute atomic E-state index is 4.51. The number of rotatable bonds is 3. The Morgan fingerprint density at radius 2 is 1.56 bits per heavy atom. The van der Waals surface area contributed by atoms with E-state index in [1.54, 1.807) is 0 Å². The van der Waals surface area contributed by atoms with Crippen molar-refractivity contribution in [3.8, 4) is 11.3 Å². The van der Waals surface area contributed by atoms with Gasteiger partial charge in [0.2, 0.25) is 5.95 Å². The SMILES string of the molecule is Cc1ccnc(N2CCN(c3ccc(-c4ccccc4)nn3)CC2)n1. The van der Waals surface area contributed by atoms with Crippen molar-refractivity contribution < 1.29 is 0 Å². The van der Waals surface area contributed by atoms with Crippen LogP contribution < -0.4 is 9.80 Å². The van der Waals surface area contributed by atoms with Crippen molar-refractivity contribution in [2.24, 2.45) is 0 Å².